The molecule has 1 aliphatic heterocycles. The van der Waals surface area contributed by atoms with Crippen LogP contribution in [0, 0.1) is 5.82 Å². The standard InChI is InChI=1S/C22H24FN3O2/c23-19-6-2-4-8-21(19)28-12-9-24-16-18-15-17-5-1-3-7-20(17)25-22(18)26-10-13-27-14-11-26/h1-8,15,24H,9-14,16H2. The normalized spacial score (nSPS) is 14.4. The summed E-state index contributed by atoms with van der Waals surface area (Å²) in [7, 11) is 0. The molecule has 0 aliphatic carbocycles. The number of morpholine rings is 1. The van der Waals surface area contributed by atoms with Crippen LogP contribution in [0.1, 0.15) is 5.56 Å². The van der Waals surface area contributed by atoms with E-state index in [1.807, 2.05) is 18.2 Å². The van der Waals surface area contributed by atoms with Crippen LogP contribution in [0.2, 0.25) is 0 Å². The van der Waals surface area contributed by atoms with Gasteiger partial charge in [0.1, 0.15) is 12.4 Å². The summed E-state index contributed by atoms with van der Waals surface area (Å²) in [6.45, 7) is 4.81. The zero-order valence-electron chi connectivity index (χ0n) is 15.7. The molecule has 28 heavy (non-hydrogen) atoms. The van der Waals surface area contributed by atoms with Crippen LogP contribution in [-0.2, 0) is 11.3 Å². The molecule has 0 saturated carbocycles. The maximum Gasteiger partial charge on any atom is 0.165 e. The number of hydrogen-bond donors (Lipinski definition) is 1. The predicted molar refractivity (Wildman–Crippen MR) is 108 cm³/mol. The minimum absolute atomic E-state index is 0.283. The van der Waals surface area contributed by atoms with E-state index < -0.39 is 0 Å². The number of anilines is 1. The molecule has 2 aromatic carbocycles. The Morgan fingerprint density at radius 1 is 1.07 bits per heavy atom. The van der Waals surface area contributed by atoms with Gasteiger partial charge in [-0.15, -0.1) is 0 Å². The van der Waals surface area contributed by atoms with Crippen molar-refractivity contribution in [3.8, 4) is 5.75 Å². The van der Waals surface area contributed by atoms with Crippen LogP contribution in [-0.4, -0.2) is 44.4 Å². The first-order valence-electron chi connectivity index (χ1n) is 9.61. The molecule has 0 atom stereocenters. The van der Waals surface area contributed by atoms with E-state index in [0.29, 0.717) is 19.7 Å². The Morgan fingerprint density at radius 2 is 1.86 bits per heavy atom. The smallest absolute Gasteiger partial charge is 0.165 e. The lowest BCUT2D eigenvalue weighted by molar-refractivity contribution is 0.122. The largest absolute Gasteiger partial charge is 0.489 e. The zero-order valence-corrected chi connectivity index (χ0v) is 15.7. The number of halogens is 1. The van der Waals surface area contributed by atoms with Crippen LogP contribution in [0.25, 0.3) is 10.9 Å². The van der Waals surface area contributed by atoms with E-state index in [2.05, 4.69) is 22.3 Å². The molecule has 5 nitrogen and oxygen atoms in total. The van der Waals surface area contributed by atoms with Crippen molar-refractivity contribution >= 4 is 16.7 Å². The Hall–Kier alpha value is -2.70. The minimum Gasteiger partial charge on any atom is -0.489 e. The molecule has 0 bridgehead atoms. The lowest BCUT2D eigenvalue weighted by atomic mass is 10.1. The molecule has 2 heterocycles. The molecule has 6 heteroatoms. The molecule has 1 aromatic heterocycles. The van der Waals surface area contributed by atoms with E-state index in [1.165, 1.54) is 6.07 Å². The average Bonchev–Trinajstić information content (AvgIpc) is 2.75. The third-order valence-electron chi connectivity index (χ3n) is 4.78. The Bertz CT molecular complexity index is 929. The highest BCUT2D eigenvalue weighted by molar-refractivity contribution is 5.81. The number of benzene rings is 2. The van der Waals surface area contributed by atoms with Crippen LogP contribution in [0.5, 0.6) is 5.75 Å². The van der Waals surface area contributed by atoms with Crippen LogP contribution in [0.4, 0.5) is 10.2 Å². The Balaban J connectivity index is 1.42. The van der Waals surface area contributed by atoms with Gasteiger partial charge in [0.2, 0.25) is 0 Å². The Labute approximate surface area is 164 Å². The third-order valence-corrected chi connectivity index (χ3v) is 4.78. The van der Waals surface area contributed by atoms with Crippen molar-refractivity contribution < 1.29 is 13.9 Å². The lowest BCUT2D eigenvalue weighted by Gasteiger charge is -2.30. The molecular weight excluding hydrogens is 357 g/mol. The van der Waals surface area contributed by atoms with Crippen molar-refractivity contribution in [1.82, 2.24) is 10.3 Å². The van der Waals surface area contributed by atoms with Gasteiger partial charge in [-0.3, -0.25) is 0 Å². The lowest BCUT2D eigenvalue weighted by Crippen LogP contribution is -2.37. The van der Waals surface area contributed by atoms with Crippen molar-refractivity contribution in [2.45, 2.75) is 6.54 Å². The van der Waals surface area contributed by atoms with Crippen molar-refractivity contribution in [3.63, 3.8) is 0 Å². The van der Waals surface area contributed by atoms with Gasteiger partial charge in [0.25, 0.3) is 0 Å². The second-order valence-corrected chi connectivity index (χ2v) is 6.72. The summed E-state index contributed by atoms with van der Waals surface area (Å²) in [6.07, 6.45) is 0. The van der Waals surface area contributed by atoms with Crippen molar-refractivity contribution in [2.75, 3.05) is 44.4 Å². The number of nitrogens with one attached hydrogen (secondary N) is 1. The van der Waals surface area contributed by atoms with Crippen molar-refractivity contribution in [1.29, 1.82) is 0 Å². The highest BCUT2D eigenvalue weighted by atomic mass is 19.1. The molecule has 1 aliphatic rings. The Kier molecular flexibility index (Phi) is 5.99. The summed E-state index contributed by atoms with van der Waals surface area (Å²) in [5, 5.41) is 4.51. The number of hydrogen-bond acceptors (Lipinski definition) is 5. The van der Waals surface area contributed by atoms with Crippen LogP contribution in [0.3, 0.4) is 0 Å². The fourth-order valence-corrected chi connectivity index (χ4v) is 3.35. The third kappa shape index (κ3) is 4.40. The second kappa shape index (κ2) is 8.99. The van der Waals surface area contributed by atoms with Gasteiger partial charge in [0.15, 0.2) is 11.6 Å². The summed E-state index contributed by atoms with van der Waals surface area (Å²) >= 11 is 0. The number of pyridine rings is 1. The van der Waals surface area contributed by atoms with Crippen molar-refractivity contribution in [3.05, 3.63) is 66.0 Å². The molecule has 4 rings (SSSR count). The first-order chi connectivity index (χ1) is 13.8. The minimum atomic E-state index is -0.337. The van der Waals surface area contributed by atoms with E-state index in [9.17, 15) is 4.39 Å². The Morgan fingerprint density at radius 3 is 2.71 bits per heavy atom. The summed E-state index contributed by atoms with van der Waals surface area (Å²) in [5.41, 5.74) is 2.14. The van der Waals surface area contributed by atoms with Crippen LogP contribution < -0.4 is 15.0 Å². The number of ether oxygens (including phenoxy) is 2. The maximum absolute atomic E-state index is 13.6. The second-order valence-electron chi connectivity index (χ2n) is 6.72. The summed E-state index contributed by atoms with van der Waals surface area (Å²) in [4.78, 5) is 7.19. The molecule has 0 radical (unpaired) electrons. The number of fused-ring (bicyclic) bond motifs is 1. The molecule has 0 unspecified atom stereocenters. The summed E-state index contributed by atoms with van der Waals surface area (Å²) in [5.74, 6) is 0.950. The van der Waals surface area contributed by atoms with Gasteiger partial charge in [-0.2, -0.15) is 0 Å². The first kappa shape index (κ1) is 18.7. The van der Waals surface area contributed by atoms with Gasteiger partial charge < -0.3 is 19.7 Å². The monoisotopic (exact) mass is 381 g/mol. The van der Waals surface area contributed by atoms with E-state index in [1.54, 1.807) is 18.2 Å². The molecule has 1 N–H and O–H groups in total. The molecular formula is C22H24FN3O2. The number of aromatic nitrogens is 1. The zero-order chi connectivity index (χ0) is 19.2. The highest BCUT2D eigenvalue weighted by Crippen LogP contribution is 2.24. The van der Waals surface area contributed by atoms with Gasteiger partial charge in [0, 0.05) is 37.1 Å². The fourth-order valence-electron chi connectivity index (χ4n) is 3.35. The fraction of sp³-hybridized carbons (Fsp3) is 0.318. The number of nitrogens with zero attached hydrogens (tertiary/aromatic N) is 2. The van der Waals surface area contributed by atoms with Gasteiger partial charge in [-0.25, -0.2) is 9.37 Å². The maximum atomic E-state index is 13.6. The molecule has 0 spiro atoms. The van der Waals surface area contributed by atoms with Crippen molar-refractivity contribution in [2.24, 2.45) is 0 Å². The van der Waals surface area contributed by atoms with E-state index in [0.717, 1.165) is 48.6 Å². The van der Waals surface area contributed by atoms with Crippen LogP contribution >= 0.6 is 0 Å². The quantitative estimate of drug-likeness (QED) is 0.636. The van der Waals surface area contributed by atoms with Crippen LogP contribution in [0.15, 0.2) is 54.6 Å². The molecule has 146 valence electrons. The summed E-state index contributed by atoms with van der Waals surface area (Å²) < 4.78 is 24.6. The van der Waals surface area contributed by atoms with E-state index in [-0.39, 0.29) is 11.6 Å². The van der Waals surface area contributed by atoms with Gasteiger partial charge in [-0.05, 0) is 24.3 Å². The molecule has 1 fully saturated rings. The molecule has 3 aromatic rings. The van der Waals surface area contributed by atoms with Gasteiger partial charge in [-0.1, -0.05) is 30.3 Å². The van der Waals surface area contributed by atoms with E-state index >= 15 is 0 Å². The van der Waals surface area contributed by atoms with E-state index in [4.69, 9.17) is 14.5 Å². The molecule has 0 amide bonds. The first-order valence-corrected chi connectivity index (χ1v) is 9.61. The number of rotatable bonds is 7. The van der Waals surface area contributed by atoms with Gasteiger partial charge >= 0.3 is 0 Å². The molecule has 1 saturated heterocycles. The predicted octanol–water partition coefficient (Wildman–Crippen LogP) is 3.38. The average molecular weight is 381 g/mol. The van der Waals surface area contributed by atoms with Gasteiger partial charge in [0.05, 0.1) is 18.7 Å². The summed E-state index contributed by atoms with van der Waals surface area (Å²) in [6, 6.07) is 16.8. The SMILES string of the molecule is Fc1ccccc1OCCNCc1cc2ccccc2nc1N1CCOCC1. The number of para-hydroxylation sites is 2. The highest BCUT2D eigenvalue weighted by Gasteiger charge is 2.17. The topological polar surface area (TPSA) is 46.6 Å².